The zero-order valence-corrected chi connectivity index (χ0v) is 14.7. The number of halogens is 1. The molecule has 0 heterocycles. The number of carbonyl (C=O) groups is 1. The van der Waals surface area contributed by atoms with Gasteiger partial charge < -0.3 is 9.47 Å². The number of methoxy groups -OCH3 is 1. The number of hydrogen-bond donors (Lipinski definition) is 0. The lowest BCUT2D eigenvalue weighted by atomic mass is 10.1. The standard InChI is InChI=1S/C20H19ClO3/c1-12(2)24-20-17(21)9-13(10-18(20)23-3)8-15-11-14-6-4-5-7-16(14)19(15)22/h4-10,12H,11H2,1-3H3/b15-8-. The number of fused-ring (bicyclic) bond motifs is 1. The Morgan fingerprint density at radius 3 is 2.62 bits per heavy atom. The number of ketones is 1. The molecule has 0 aromatic heterocycles. The normalized spacial score (nSPS) is 15.0. The highest BCUT2D eigenvalue weighted by atomic mass is 35.5. The van der Waals surface area contributed by atoms with Gasteiger partial charge in [-0.05, 0) is 43.2 Å². The third-order valence-corrected chi connectivity index (χ3v) is 4.16. The summed E-state index contributed by atoms with van der Waals surface area (Å²) in [6, 6.07) is 11.3. The Kier molecular flexibility index (Phi) is 4.63. The molecule has 1 aliphatic rings. The molecule has 0 N–H and O–H groups in total. The summed E-state index contributed by atoms with van der Waals surface area (Å²) in [5.74, 6) is 1.16. The van der Waals surface area contributed by atoms with Gasteiger partial charge in [0.15, 0.2) is 17.3 Å². The lowest BCUT2D eigenvalue weighted by Crippen LogP contribution is -2.07. The van der Waals surface area contributed by atoms with Crippen LogP contribution in [0.5, 0.6) is 11.5 Å². The van der Waals surface area contributed by atoms with Gasteiger partial charge in [0.2, 0.25) is 0 Å². The summed E-state index contributed by atoms with van der Waals surface area (Å²) in [7, 11) is 1.58. The van der Waals surface area contributed by atoms with Gasteiger partial charge in [0.05, 0.1) is 18.2 Å². The van der Waals surface area contributed by atoms with Crippen LogP contribution in [0.25, 0.3) is 6.08 Å². The fraction of sp³-hybridized carbons (Fsp3) is 0.250. The van der Waals surface area contributed by atoms with Gasteiger partial charge in [-0.2, -0.15) is 0 Å². The van der Waals surface area contributed by atoms with Gasteiger partial charge in [0.25, 0.3) is 0 Å². The van der Waals surface area contributed by atoms with Crippen molar-refractivity contribution in [1.82, 2.24) is 0 Å². The van der Waals surface area contributed by atoms with Gasteiger partial charge in [-0.15, -0.1) is 0 Å². The molecule has 3 nitrogen and oxygen atoms in total. The molecular weight excluding hydrogens is 324 g/mol. The van der Waals surface area contributed by atoms with Crippen LogP contribution in [0.4, 0.5) is 0 Å². The second kappa shape index (κ2) is 6.70. The van der Waals surface area contributed by atoms with Crippen molar-refractivity contribution in [2.75, 3.05) is 7.11 Å². The van der Waals surface area contributed by atoms with Crippen LogP contribution in [0, 0.1) is 0 Å². The molecule has 0 spiro atoms. The van der Waals surface area contributed by atoms with Crippen molar-refractivity contribution in [2.24, 2.45) is 0 Å². The summed E-state index contributed by atoms with van der Waals surface area (Å²) in [6.45, 7) is 3.86. The van der Waals surface area contributed by atoms with Crippen LogP contribution in [-0.4, -0.2) is 19.0 Å². The molecule has 0 aliphatic heterocycles. The fourth-order valence-corrected chi connectivity index (χ4v) is 3.11. The minimum Gasteiger partial charge on any atom is -0.493 e. The average Bonchev–Trinajstić information content (AvgIpc) is 2.86. The third kappa shape index (κ3) is 3.17. The van der Waals surface area contributed by atoms with E-state index in [1.165, 1.54) is 0 Å². The lowest BCUT2D eigenvalue weighted by Gasteiger charge is -2.15. The van der Waals surface area contributed by atoms with E-state index in [2.05, 4.69) is 0 Å². The van der Waals surface area contributed by atoms with E-state index in [9.17, 15) is 4.79 Å². The molecule has 3 rings (SSSR count). The Morgan fingerprint density at radius 2 is 1.96 bits per heavy atom. The third-order valence-electron chi connectivity index (χ3n) is 3.88. The van der Waals surface area contributed by atoms with Crippen molar-refractivity contribution in [3.63, 3.8) is 0 Å². The monoisotopic (exact) mass is 342 g/mol. The van der Waals surface area contributed by atoms with E-state index < -0.39 is 0 Å². The molecule has 0 saturated heterocycles. The molecule has 0 fully saturated rings. The first-order valence-electron chi connectivity index (χ1n) is 7.87. The Morgan fingerprint density at radius 1 is 1.21 bits per heavy atom. The molecule has 0 atom stereocenters. The van der Waals surface area contributed by atoms with Gasteiger partial charge in [0, 0.05) is 17.6 Å². The number of Topliss-reactive ketones (excluding diaryl/α,β-unsaturated/α-hetero) is 1. The summed E-state index contributed by atoms with van der Waals surface area (Å²) in [5, 5.41) is 0.470. The van der Waals surface area contributed by atoms with Gasteiger partial charge >= 0.3 is 0 Å². The zero-order chi connectivity index (χ0) is 17.3. The van der Waals surface area contributed by atoms with Crippen molar-refractivity contribution in [1.29, 1.82) is 0 Å². The smallest absolute Gasteiger partial charge is 0.189 e. The first-order chi connectivity index (χ1) is 11.5. The Hall–Kier alpha value is -2.26. The van der Waals surface area contributed by atoms with E-state index in [0.29, 0.717) is 22.9 Å². The average molecular weight is 343 g/mol. The van der Waals surface area contributed by atoms with Crippen LogP contribution in [0.1, 0.15) is 35.3 Å². The van der Waals surface area contributed by atoms with E-state index in [-0.39, 0.29) is 11.9 Å². The molecule has 0 radical (unpaired) electrons. The van der Waals surface area contributed by atoms with E-state index in [1.807, 2.05) is 50.3 Å². The van der Waals surface area contributed by atoms with Crippen molar-refractivity contribution in [2.45, 2.75) is 26.4 Å². The molecule has 0 saturated carbocycles. The van der Waals surface area contributed by atoms with Crippen LogP contribution >= 0.6 is 11.6 Å². The Bertz CT molecular complexity index is 822. The molecule has 0 unspecified atom stereocenters. The largest absolute Gasteiger partial charge is 0.493 e. The van der Waals surface area contributed by atoms with Gasteiger partial charge in [-0.25, -0.2) is 0 Å². The van der Waals surface area contributed by atoms with Gasteiger partial charge in [-0.3, -0.25) is 4.79 Å². The summed E-state index contributed by atoms with van der Waals surface area (Å²) in [4.78, 5) is 12.5. The van der Waals surface area contributed by atoms with Crippen LogP contribution in [-0.2, 0) is 6.42 Å². The molecule has 2 aromatic carbocycles. The molecule has 1 aliphatic carbocycles. The predicted octanol–water partition coefficient (Wildman–Crippen LogP) is 4.96. The highest BCUT2D eigenvalue weighted by Crippen LogP contribution is 2.38. The van der Waals surface area contributed by atoms with E-state index in [0.717, 1.165) is 22.3 Å². The Labute approximate surface area is 146 Å². The highest BCUT2D eigenvalue weighted by molar-refractivity contribution is 6.32. The molecule has 0 bridgehead atoms. The molecule has 24 heavy (non-hydrogen) atoms. The summed E-state index contributed by atoms with van der Waals surface area (Å²) < 4.78 is 11.1. The minimum atomic E-state index is -0.00786. The summed E-state index contributed by atoms with van der Waals surface area (Å²) >= 11 is 6.35. The van der Waals surface area contributed by atoms with Crippen molar-refractivity contribution in [3.05, 3.63) is 63.7 Å². The topological polar surface area (TPSA) is 35.5 Å². The zero-order valence-electron chi connectivity index (χ0n) is 13.9. The SMILES string of the molecule is COc1cc(/C=C2/Cc3ccccc3C2=O)cc(Cl)c1OC(C)C. The quantitative estimate of drug-likeness (QED) is 0.737. The number of benzene rings is 2. The van der Waals surface area contributed by atoms with Crippen LogP contribution in [0.3, 0.4) is 0 Å². The Balaban J connectivity index is 1.97. The first-order valence-corrected chi connectivity index (χ1v) is 8.24. The van der Waals surface area contributed by atoms with Crippen LogP contribution in [0.2, 0.25) is 5.02 Å². The molecular formula is C20H19ClO3. The van der Waals surface area contributed by atoms with Crippen molar-refractivity contribution in [3.8, 4) is 11.5 Å². The van der Waals surface area contributed by atoms with Crippen molar-refractivity contribution < 1.29 is 14.3 Å². The molecule has 4 heteroatoms. The predicted molar refractivity (Wildman–Crippen MR) is 96.2 cm³/mol. The number of ether oxygens (including phenoxy) is 2. The van der Waals surface area contributed by atoms with E-state index in [1.54, 1.807) is 13.2 Å². The van der Waals surface area contributed by atoms with Crippen molar-refractivity contribution >= 4 is 23.5 Å². The van der Waals surface area contributed by atoms with Crippen LogP contribution < -0.4 is 9.47 Å². The number of carbonyl (C=O) groups excluding carboxylic acids is 1. The molecule has 124 valence electrons. The summed E-state index contributed by atoms with van der Waals surface area (Å²) in [6.07, 6.45) is 2.50. The van der Waals surface area contributed by atoms with Gasteiger partial charge in [0.1, 0.15) is 0 Å². The maximum absolute atomic E-state index is 12.5. The number of allylic oxidation sites excluding steroid dienone is 1. The molecule has 2 aromatic rings. The number of rotatable bonds is 4. The minimum absolute atomic E-state index is 0.00786. The maximum atomic E-state index is 12.5. The van der Waals surface area contributed by atoms with Crippen LogP contribution in [0.15, 0.2) is 42.0 Å². The van der Waals surface area contributed by atoms with E-state index >= 15 is 0 Å². The number of hydrogen-bond acceptors (Lipinski definition) is 3. The second-order valence-corrected chi connectivity index (χ2v) is 6.44. The second-order valence-electron chi connectivity index (χ2n) is 6.03. The highest BCUT2D eigenvalue weighted by Gasteiger charge is 2.24. The van der Waals surface area contributed by atoms with E-state index in [4.69, 9.17) is 21.1 Å². The summed E-state index contributed by atoms with van der Waals surface area (Å²) in [5.41, 5.74) is 3.42. The fourth-order valence-electron chi connectivity index (χ4n) is 2.85. The molecule has 0 amide bonds. The lowest BCUT2D eigenvalue weighted by molar-refractivity contribution is 0.104. The first kappa shape index (κ1) is 16.6. The maximum Gasteiger partial charge on any atom is 0.189 e. The van der Waals surface area contributed by atoms with Gasteiger partial charge in [-0.1, -0.05) is 35.9 Å².